The number of rotatable bonds is 5. The fourth-order valence-corrected chi connectivity index (χ4v) is 4.61. The molecule has 2 unspecified atom stereocenters. The van der Waals surface area contributed by atoms with Gasteiger partial charge in [0.1, 0.15) is 0 Å². The molecule has 0 spiro atoms. The van der Waals surface area contributed by atoms with Crippen LogP contribution in [0.3, 0.4) is 0 Å². The summed E-state index contributed by atoms with van der Waals surface area (Å²) in [5.74, 6) is 1.82. The molecule has 4 rings (SSSR count). The third kappa shape index (κ3) is 4.81. The minimum absolute atomic E-state index is 0.0469. The number of hydrogen-bond acceptors (Lipinski definition) is 6. The van der Waals surface area contributed by atoms with Gasteiger partial charge >= 0.3 is 0 Å². The normalized spacial score (nSPS) is 26.0. The van der Waals surface area contributed by atoms with E-state index in [1.165, 1.54) is 19.4 Å². The SMILES string of the molecule is CC1CCCN(CCNC(=O)C2CCc3nc(N4CCOCC4)ncc3C2)C1. The zero-order valence-electron chi connectivity index (χ0n) is 17.0. The fourth-order valence-electron chi connectivity index (χ4n) is 4.61. The number of nitrogens with one attached hydrogen (secondary N) is 1. The van der Waals surface area contributed by atoms with E-state index in [9.17, 15) is 4.79 Å². The highest BCUT2D eigenvalue weighted by Gasteiger charge is 2.27. The van der Waals surface area contributed by atoms with Gasteiger partial charge in [-0.3, -0.25) is 4.79 Å². The summed E-state index contributed by atoms with van der Waals surface area (Å²) < 4.78 is 5.41. The highest BCUT2D eigenvalue weighted by molar-refractivity contribution is 5.79. The van der Waals surface area contributed by atoms with E-state index in [1.54, 1.807) is 0 Å². The Kier molecular flexibility index (Phi) is 6.42. The second-order valence-corrected chi connectivity index (χ2v) is 8.52. The molecule has 2 saturated heterocycles. The quantitative estimate of drug-likeness (QED) is 0.820. The Bertz CT molecular complexity index is 677. The molecule has 2 atom stereocenters. The van der Waals surface area contributed by atoms with Gasteiger partial charge in [0.15, 0.2) is 0 Å². The van der Waals surface area contributed by atoms with E-state index >= 15 is 0 Å². The predicted molar refractivity (Wildman–Crippen MR) is 108 cm³/mol. The van der Waals surface area contributed by atoms with Gasteiger partial charge in [0.25, 0.3) is 0 Å². The standard InChI is InChI=1S/C21H33N5O2/c1-16-3-2-7-25(15-16)8-6-22-20(27)17-4-5-19-18(13-17)14-23-21(24-19)26-9-11-28-12-10-26/h14,16-17H,2-13,15H2,1H3,(H,22,27). The second kappa shape index (κ2) is 9.18. The molecule has 3 heterocycles. The van der Waals surface area contributed by atoms with Crippen LogP contribution < -0.4 is 10.2 Å². The molecule has 1 aliphatic carbocycles. The van der Waals surface area contributed by atoms with Gasteiger partial charge in [0.2, 0.25) is 11.9 Å². The number of likely N-dealkylation sites (tertiary alicyclic amines) is 1. The Morgan fingerprint density at radius 1 is 1.29 bits per heavy atom. The lowest BCUT2D eigenvalue weighted by Gasteiger charge is -2.31. The first-order valence-corrected chi connectivity index (χ1v) is 10.9. The minimum Gasteiger partial charge on any atom is -0.378 e. The van der Waals surface area contributed by atoms with Crippen LogP contribution in [0.25, 0.3) is 0 Å². The zero-order chi connectivity index (χ0) is 19.3. The van der Waals surface area contributed by atoms with Crippen molar-refractivity contribution in [2.24, 2.45) is 11.8 Å². The van der Waals surface area contributed by atoms with Crippen LogP contribution in [-0.2, 0) is 22.4 Å². The molecule has 2 aliphatic heterocycles. The molecule has 1 aromatic heterocycles. The number of aryl methyl sites for hydroxylation is 1. The molecule has 0 saturated carbocycles. The van der Waals surface area contributed by atoms with Gasteiger partial charge in [-0.2, -0.15) is 0 Å². The number of ether oxygens (including phenoxy) is 1. The van der Waals surface area contributed by atoms with E-state index in [2.05, 4.69) is 27.0 Å². The molecule has 154 valence electrons. The van der Waals surface area contributed by atoms with Crippen molar-refractivity contribution in [1.82, 2.24) is 20.2 Å². The zero-order valence-corrected chi connectivity index (χ0v) is 17.0. The van der Waals surface area contributed by atoms with Crippen molar-refractivity contribution in [2.75, 3.05) is 57.4 Å². The molecule has 2 fully saturated rings. The highest BCUT2D eigenvalue weighted by Crippen LogP contribution is 2.25. The number of carbonyl (C=O) groups is 1. The molecule has 1 aromatic rings. The Balaban J connectivity index is 1.26. The van der Waals surface area contributed by atoms with Crippen molar-refractivity contribution in [3.05, 3.63) is 17.5 Å². The average molecular weight is 388 g/mol. The van der Waals surface area contributed by atoms with Crippen molar-refractivity contribution in [3.8, 4) is 0 Å². The molecule has 0 aromatic carbocycles. The number of anilines is 1. The van der Waals surface area contributed by atoms with Crippen LogP contribution in [-0.4, -0.2) is 73.3 Å². The number of amides is 1. The maximum atomic E-state index is 12.6. The van der Waals surface area contributed by atoms with Crippen LogP contribution in [0.15, 0.2) is 6.20 Å². The Morgan fingerprint density at radius 2 is 2.14 bits per heavy atom. The van der Waals surface area contributed by atoms with E-state index in [-0.39, 0.29) is 11.8 Å². The third-order valence-electron chi connectivity index (χ3n) is 6.27. The number of morpholine rings is 1. The summed E-state index contributed by atoms with van der Waals surface area (Å²) in [6.07, 6.45) is 7.03. The maximum Gasteiger partial charge on any atom is 0.225 e. The van der Waals surface area contributed by atoms with E-state index in [4.69, 9.17) is 9.72 Å². The summed E-state index contributed by atoms with van der Waals surface area (Å²) >= 11 is 0. The number of aromatic nitrogens is 2. The van der Waals surface area contributed by atoms with Gasteiger partial charge in [0, 0.05) is 50.5 Å². The van der Waals surface area contributed by atoms with Crippen molar-refractivity contribution in [2.45, 2.75) is 39.0 Å². The molecule has 0 radical (unpaired) electrons. The molecule has 28 heavy (non-hydrogen) atoms. The van der Waals surface area contributed by atoms with Crippen LogP contribution in [0.1, 0.15) is 37.4 Å². The monoisotopic (exact) mass is 387 g/mol. The molecule has 1 N–H and O–H groups in total. The fraction of sp³-hybridized carbons (Fsp3) is 0.762. The summed E-state index contributed by atoms with van der Waals surface area (Å²) in [5.41, 5.74) is 2.25. The smallest absolute Gasteiger partial charge is 0.225 e. The van der Waals surface area contributed by atoms with Crippen molar-refractivity contribution in [3.63, 3.8) is 0 Å². The van der Waals surface area contributed by atoms with E-state index in [0.717, 1.165) is 88.3 Å². The van der Waals surface area contributed by atoms with Gasteiger partial charge < -0.3 is 19.9 Å². The first kappa shape index (κ1) is 19.6. The van der Waals surface area contributed by atoms with Crippen molar-refractivity contribution in [1.29, 1.82) is 0 Å². The number of nitrogens with zero attached hydrogens (tertiary/aromatic N) is 4. The van der Waals surface area contributed by atoms with Crippen LogP contribution in [0, 0.1) is 11.8 Å². The van der Waals surface area contributed by atoms with Crippen LogP contribution in [0.2, 0.25) is 0 Å². The maximum absolute atomic E-state index is 12.6. The number of carbonyl (C=O) groups excluding carboxylic acids is 1. The van der Waals surface area contributed by atoms with E-state index in [0.29, 0.717) is 0 Å². The van der Waals surface area contributed by atoms with E-state index in [1.807, 2.05) is 6.20 Å². The highest BCUT2D eigenvalue weighted by atomic mass is 16.5. The summed E-state index contributed by atoms with van der Waals surface area (Å²) in [6.45, 7) is 9.52. The molecule has 7 nitrogen and oxygen atoms in total. The second-order valence-electron chi connectivity index (χ2n) is 8.52. The van der Waals surface area contributed by atoms with Crippen LogP contribution >= 0.6 is 0 Å². The van der Waals surface area contributed by atoms with Gasteiger partial charge in [-0.15, -0.1) is 0 Å². The molecular weight excluding hydrogens is 354 g/mol. The molecular formula is C21H33N5O2. The first-order chi connectivity index (χ1) is 13.7. The minimum atomic E-state index is 0.0469. The van der Waals surface area contributed by atoms with Gasteiger partial charge in [0.05, 0.1) is 13.2 Å². The molecule has 7 heteroatoms. The Morgan fingerprint density at radius 3 is 2.96 bits per heavy atom. The first-order valence-electron chi connectivity index (χ1n) is 10.9. The van der Waals surface area contributed by atoms with Crippen molar-refractivity contribution < 1.29 is 9.53 Å². The number of fused-ring (bicyclic) bond motifs is 1. The number of piperidine rings is 1. The van der Waals surface area contributed by atoms with Gasteiger partial charge in [-0.25, -0.2) is 9.97 Å². The van der Waals surface area contributed by atoms with Crippen LogP contribution in [0.4, 0.5) is 5.95 Å². The number of hydrogen-bond donors (Lipinski definition) is 1. The Hall–Kier alpha value is -1.73. The summed E-state index contributed by atoms with van der Waals surface area (Å²) in [6, 6.07) is 0. The predicted octanol–water partition coefficient (Wildman–Crippen LogP) is 1.27. The van der Waals surface area contributed by atoms with Crippen molar-refractivity contribution >= 4 is 11.9 Å². The molecule has 0 bridgehead atoms. The summed E-state index contributed by atoms with van der Waals surface area (Å²) in [7, 11) is 0. The molecule has 1 amide bonds. The van der Waals surface area contributed by atoms with Gasteiger partial charge in [-0.1, -0.05) is 6.92 Å². The van der Waals surface area contributed by atoms with E-state index < -0.39 is 0 Å². The van der Waals surface area contributed by atoms with Crippen LogP contribution in [0.5, 0.6) is 0 Å². The lowest BCUT2D eigenvalue weighted by molar-refractivity contribution is -0.125. The lowest BCUT2D eigenvalue weighted by atomic mass is 9.86. The largest absolute Gasteiger partial charge is 0.378 e. The Labute approximate surface area is 167 Å². The van der Waals surface area contributed by atoms with Gasteiger partial charge in [-0.05, 0) is 50.1 Å². The average Bonchev–Trinajstić information content (AvgIpc) is 2.73. The topological polar surface area (TPSA) is 70.6 Å². The third-order valence-corrected chi connectivity index (χ3v) is 6.27. The lowest BCUT2D eigenvalue weighted by Crippen LogP contribution is -2.42. The molecule has 3 aliphatic rings. The summed E-state index contributed by atoms with van der Waals surface area (Å²) in [4.78, 5) is 26.6. The summed E-state index contributed by atoms with van der Waals surface area (Å²) in [5, 5.41) is 3.16.